The lowest BCUT2D eigenvalue weighted by atomic mass is 9.83. The van der Waals surface area contributed by atoms with Gasteiger partial charge >= 0.3 is 11.9 Å². The highest BCUT2D eigenvalue weighted by Crippen LogP contribution is 2.40. The molecule has 7 atom stereocenters. The maximum Gasteiger partial charge on any atom is 0.328 e. The van der Waals surface area contributed by atoms with E-state index in [0.717, 1.165) is 5.56 Å². The number of nitro groups is 1. The predicted molar refractivity (Wildman–Crippen MR) is 210 cm³/mol. The summed E-state index contributed by atoms with van der Waals surface area (Å²) in [6.45, 7) is 5.33. The highest BCUT2D eigenvalue weighted by molar-refractivity contribution is 5.95. The highest BCUT2D eigenvalue weighted by Gasteiger charge is 2.51. The molecule has 4 rings (SSSR count). The number of benzene rings is 2. The van der Waals surface area contributed by atoms with Crippen molar-refractivity contribution in [3.05, 3.63) is 75.8 Å². The zero-order valence-electron chi connectivity index (χ0n) is 33.3. The van der Waals surface area contributed by atoms with E-state index in [1.807, 2.05) is 44.2 Å². The monoisotopic (exact) mass is 809 g/mol. The van der Waals surface area contributed by atoms with Gasteiger partial charge in [0.15, 0.2) is 11.1 Å². The zero-order valence-corrected chi connectivity index (χ0v) is 33.3. The second kappa shape index (κ2) is 21.7. The van der Waals surface area contributed by atoms with Gasteiger partial charge in [-0.3, -0.25) is 19.2 Å². The number of methoxy groups -OCH3 is 1. The first-order chi connectivity index (χ1) is 27.6. The number of aliphatic imine (C=N–C) groups is 1. The van der Waals surface area contributed by atoms with Crippen molar-refractivity contribution in [1.29, 1.82) is 0 Å². The third-order valence-electron chi connectivity index (χ3n) is 10.2. The number of fused-ring (bicyclic) bond motifs is 1. The van der Waals surface area contributed by atoms with Gasteiger partial charge in [-0.05, 0) is 80.0 Å². The zero-order chi connectivity index (χ0) is 42.4. The van der Waals surface area contributed by atoms with Crippen LogP contribution in [0.4, 0.5) is 0 Å². The van der Waals surface area contributed by atoms with Gasteiger partial charge < -0.3 is 40.6 Å². The number of hydrogen-bond acceptors (Lipinski definition) is 12. The number of esters is 2. The van der Waals surface area contributed by atoms with Crippen molar-refractivity contribution in [3.63, 3.8) is 0 Å². The smallest absolute Gasteiger partial charge is 0.328 e. The number of hydrogen-bond donors (Lipinski definition) is 5. The van der Waals surface area contributed by atoms with E-state index in [1.54, 1.807) is 29.7 Å². The van der Waals surface area contributed by atoms with Gasteiger partial charge in [0.05, 0.1) is 13.2 Å². The Kier molecular flexibility index (Phi) is 16.8. The van der Waals surface area contributed by atoms with Crippen LogP contribution in [-0.2, 0) is 46.5 Å². The predicted octanol–water partition coefficient (Wildman–Crippen LogP) is 1.94. The molecule has 2 fully saturated rings. The molecule has 1 aliphatic heterocycles. The number of nitrogens with two attached hydrogens (primary N) is 1. The van der Waals surface area contributed by atoms with E-state index in [9.17, 15) is 39.2 Å². The van der Waals surface area contributed by atoms with Crippen molar-refractivity contribution in [1.82, 2.24) is 21.0 Å². The Hall–Kier alpha value is -5.78. The summed E-state index contributed by atoms with van der Waals surface area (Å²) in [6, 6.07) is 12.9. The van der Waals surface area contributed by atoms with Crippen molar-refractivity contribution >= 4 is 35.6 Å². The molecule has 1 saturated heterocycles. The largest absolute Gasteiger partial charge is 0.489 e. The molecule has 0 bridgehead atoms. The number of hydrazine groups is 1. The molecular formula is C40H55N7O11. The van der Waals surface area contributed by atoms with Gasteiger partial charge in [-0.15, -0.1) is 0 Å². The summed E-state index contributed by atoms with van der Waals surface area (Å²) >= 11 is 0. The van der Waals surface area contributed by atoms with Crippen LogP contribution in [0, 0.1) is 22.0 Å². The Labute approximate surface area is 337 Å². The first kappa shape index (κ1) is 44.9. The summed E-state index contributed by atoms with van der Waals surface area (Å²) in [6.07, 6.45) is -0.00394. The summed E-state index contributed by atoms with van der Waals surface area (Å²) in [5.74, 6) is -3.31. The van der Waals surface area contributed by atoms with Crippen LogP contribution < -0.4 is 26.5 Å². The lowest BCUT2D eigenvalue weighted by Crippen LogP contribution is -2.59. The molecule has 316 valence electrons. The van der Waals surface area contributed by atoms with Crippen molar-refractivity contribution in [2.45, 2.75) is 115 Å². The van der Waals surface area contributed by atoms with E-state index in [4.69, 9.17) is 19.9 Å². The molecule has 2 aromatic rings. The SMILES string of the molecule is COC(=O)[C@H](CCCN=C(N)N[N+](=O)[O-])NC(=O)[C@@H]1C[C@@H]2CC[C@@H](O)C[C@@H]2N1C(=O)[C@@H](CC(C)C)NC(=O)[C@@H](Cc1ccc(OCc2ccccc2)cc1)OC(C)=O. The Balaban J connectivity index is 1.51. The number of nitrogens with zero attached hydrogens (tertiary/aromatic N) is 3. The lowest BCUT2D eigenvalue weighted by molar-refractivity contribution is -0.525. The van der Waals surface area contributed by atoms with Crippen LogP contribution in [0.1, 0.15) is 76.8 Å². The normalized spacial score (nSPS) is 20.5. The van der Waals surface area contributed by atoms with E-state index in [0.29, 0.717) is 30.8 Å². The van der Waals surface area contributed by atoms with Crippen LogP contribution in [0.2, 0.25) is 0 Å². The molecule has 1 heterocycles. The third-order valence-corrected chi connectivity index (χ3v) is 10.2. The number of ether oxygens (including phenoxy) is 3. The molecule has 2 aliphatic rings. The van der Waals surface area contributed by atoms with Crippen molar-refractivity contribution in [2.24, 2.45) is 22.6 Å². The van der Waals surface area contributed by atoms with Gasteiger partial charge in [-0.2, -0.15) is 0 Å². The molecule has 0 radical (unpaired) electrons. The molecule has 0 aromatic heterocycles. The molecule has 2 aromatic carbocycles. The second-order valence-electron chi connectivity index (χ2n) is 15.1. The topological polar surface area (TPSA) is 254 Å². The quantitative estimate of drug-likeness (QED) is 0.0340. The summed E-state index contributed by atoms with van der Waals surface area (Å²) in [5.41, 5.74) is 8.87. The molecule has 3 amide bonds. The average Bonchev–Trinajstić information content (AvgIpc) is 3.56. The maximum absolute atomic E-state index is 14.7. The number of likely N-dealkylation sites (tertiary alicyclic amines) is 1. The fraction of sp³-hybridized carbons (Fsp3) is 0.550. The first-order valence-corrected chi connectivity index (χ1v) is 19.5. The minimum atomic E-state index is -1.28. The van der Waals surface area contributed by atoms with Crippen LogP contribution in [0.3, 0.4) is 0 Å². The first-order valence-electron chi connectivity index (χ1n) is 19.5. The number of aliphatic hydroxyl groups is 1. The molecule has 0 spiro atoms. The van der Waals surface area contributed by atoms with Crippen molar-refractivity contribution < 1.29 is 48.3 Å². The molecule has 0 unspecified atom stereocenters. The van der Waals surface area contributed by atoms with Crippen LogP contribution >= 0.6 is 0 Å². The van der Waals surface area contributed by atoms with Crippen LogP contribution in [0.25, 0.3) is 0 Å². The number of amides is 3. The number of aliphatic hydroxyl groups excluding tert-OH is 1. The van der Waals surface area contributed by atoms with E-state index >= 15 is 0 Å². The van der Waals surface area contributed by atoms with Gasteiger partial charge in [0.25, 0.3) is 11.9 Å². The molecule has 18 nitrogen and oxygen atoms in total. The van der Waals surface area contributed by atoms with Gasteiger partial charge in [0, 0.05) is 25.9 Å². The lowest BCUT2D eigenvalue weighted by Gasteiger charge is -2.38. The van der Waals surface area contributed by atoms with Crippen molar-refractivity contribution in [2.75, 3.05) is 13.7 Å². The van der Waals surface area contributed by atoms with Crippen molar-refractivity contribution in [3.8, 4) is 5.75 Å². The van der Waals surface area contributed by atoms with Crippen LogP contribution in [0.5, 0.6) is 5.75 Å². The number of guanidine groups is 1. The number of rotatable bonds is 19. The van der Waals surface area contributed by atoms with Gasteiger partial charge in [0.1, 0.15) is 30.5 Å². The van der Waals surface area contributed by atoms with E-state index in [1.165, 1.54) is 18.9 Å². The Morgan fingerprint density at radius 2 is 1.71 bits per heavy atom. The fourth-order valence-electron chi connectivity index (χ4n) is 7.47. The highest BCUT2D eigenvalue weighted by atomic mass is 16.7. The van der Waals surface area contributed by atoms with E-state index < -0.39 is 77.0 Å². The summed E-state index contributed by atoms with van der Waals surface area (Å²) in [7, 11) is 1.17. The molecule has 1 saturated carbocycles. The van der Waals surface area contributed by atoms with Gasteiger partial charge in [0.2, 0.25) is 11.8 Å². The molecule has 58 heavy (non-hydrogen) atoms. The van der Waals surface area contributed by atoms with Crippen LogP contribution in [-0.4, -0.2) is 101 Å². The van der Waals surface area contributed by atoms with Gasteiger partial charge in [-0.25, -0.2) is 19.9 Å². The summed E-state index contributed by atoms with van der Waals surface area (Å²) < 4.78 is 16.3. The fourth-order valence-corrected chi connectivity index (χ4v) is 7.47. The van der Waals surface area contributed by atoms with E-state index in [-0.39, 0.29) is 56.9 Å². The summed E-state index contributed by atoms with van der Waals surface area (Å²) in [4.78, 5) is 83.5. The number of carbonyl (C=O) groups is 5. The molecule has 18 heteroatoms. The Morgan fingerprint density at radius 3 is 2.34 bits per heavy atom. The minimum Gasteiger partial charge on any atom is -0.489 e. The molecular weight excluding hydrogens is 754 g/mol. The minimum absolute atomic E-state index is 0.00547. The third kappa shape index (κ3) is 13.4. The molecule has 1 aliphatic carbocycles. The van der Waals surface area contributed by atoms with E-state index in [2.05, 4.69) is 15.6 Å². The molecule has 6 N–H and O–H groups in total. The second-order valence-corrected chi connectivity index (χ2v) is 15.1. The maximum atomic E-state index is 14.7. The summed E-state index contributed by atoms with van der Waals surface area (Å²) in [5, 5.41) is 25.9. The van der Waals surface area contributed by atoms with Gasteiger partial charge in [-0.1, -0.05) is 61.7 Å². The average molecular weight is 810 g/mol. The standard InChI is InChI=1S/C40H55N7O11/c1-24(2)19-32(44-37(51)35(58-25(3)48)20-26-12-16-30(17-13-26)57-23-27-9-6-5-7-10-27)38(52)46-33-22-29(49)15-14-28(33)21-34(46)36(50)43-31(39(53)56-4)11-8-18-42-40(41)45-47(54)55/h5-7,9-10,12-13,16-17,24,28-29,31-35,49H,8,11,14-15,18-23H2,1-4H3,(H,43,50)(H,44,51)(H3,41,42,45)/t28-,29+,31-,32+,33-,34-,35+/m0/s1. The Bertz CT molecular complexity index is 1760. The number of carbonyl (C=O) groups excluding carboxylic acids is 5. The number of nitrogens with one attached hydrogen (secondary N) is 3. The van der Waals surface area contributed by atoms with Crippen LogP contribution in [0.15, 0.2) is 59.6 Å². The Morgan fingerprint density at radius 1 is 1.00 bits per heavy atom.